The fourth-order valence-corrected chi connectivity index (χ4v) is 2.83. The van der Waals surface area contributed by atoms with Crippen LogP contribution in [-0.2, 0) is 20.6 Å². The molecule has 0 fully saturated rings. The van der Waals surface area contributed by atoms with Gasteiger partial charge in [0.15, 0.2) is 17.1 Å². The van der Waals surface area contributed by atoms with E-state index >= 15 is 0 Å². The summed E-state index contributed by atoms with van der Waals surface area (Å²) in [4.78, 5) is 43.5. The van der Waals surface area contributed by atoms with Gasteiger partial charge in [-0.2, -0.15) is 0 Å². The number of amides is 1. The van der Waals surface area contributed by atoms with Crippen LogP contribution >= 0.6 is 0 Å². The molecule has 10 nitrogen and oxygen atoms in total. The predicted molar refractivity (Wildman–Crippen MR) is 99.7 cm³/mol. The molecule has 3 heterocycles. The molecule has 0 bridgehead atoms. The molecule has 3 aromatic heterocycles. The number of rotatable bonds is 4. The van der Waals surface area contributed by atoms with Crippen LogP contribution in [0.5, 0.6) is 0 Å². The molecule has 1 aromatic carbocycles. The molecule has 0 atom stereocenters. The standard InChI is InChI=1S/C18H16N6O4/c1-23-15-14(17(26)24(2)18(23)27)20-13(21-15)9-19-16(25)11-8-12(28-22-11)10-6-4-3-5-7-10/h3-8H,9H2,1-2H3,(H,19,25)(H,20,21). The summed E-state index contributed by atoms with van der Waals surface area (Å²) in [6, 6.07) is 10.8. The zero-order valence-corrected chi connectivity index (χ0v) is 15.1. The summed E-state index contributed by atoms with van der Waals surface area (Å²) in [6.45, 7) is 0.0262. The Bertz CT molecular complexity index is 1300. The first-order chi connectivity index (χ1) is 13.5. The van der Waals surface area contributed by atoms with E-state index in [1.165, 1.54) is 18.7 Å². The van der Waals surface area contributed by atoms with E-state index < -0.39 is 17.2 Å². The highest BCUT2D eigenvalue weighted by Crippen LogP contribution is 2.19. The van der Waals surface area contributed by atoms with Crippen LogP contribution in [0.4, 0.5) is 0 Å². The smallest absolute Gasteiger partial charge is 0.332 e. The number of aromatic nitrogens is 5. The van der Waals surface area contributed by atoms with Crippen LogP contribution < -0.4 is 16.6 Å². The lowest BCUT2D eigenvalue weighted by atomic mass is 10.1. The highest BCUT2D eigenvalue weighted by Gasteiger charge is 2.16. The van der Waals surface area contributed by atoms with Gasteiger partial charge in [-0.15, -0.1) is 0 Å². The Labute approximate surface area is 157 Å². The Kier molecular flexibility index (Phi) is 4.15. The summed E-state index contributed by atoms with van der Waals surface area (Å²) < 4.78 is 7.47. The van der Waals surface area contributed by atoms with Crippen LogP contribution in [0.2, 0.25) is 0 Å². The van der Waals surface area contributed by atoms with E-state index in [4.69, 9.17) is 4.52 Å². The second kappa shape index (κ2) is 6.65. The first kappa shape index (κ1) is 17.5. The van der Waals surface area contributed by atoms with E-state index in [1.807, 2.05) is 30.3 Å². The highest BCUT2D eigenvalue weighted by atomic mass is 16.5. The molecule has 0 aliphatic carbocycles. The van der Waals surface area contributed by atoms with Crippen molar-refractivity contribution >= 4 is 17.1 Å². The Morgan fingerprint density at radius 2 is 1.93 bits per heavy atom. The van der Waals surface area contributed by atoms with Gasteiger partial charge in [-0.05, 0) is 0 Å². The Morgan fingerprint density at radius 1 is 1.18 bits per heavy atom. The van der Waals surface area contributed by atoms with Gasteiger partial charge in [0.05, 0.1) is 6.54 Å². The topological polar surface area (TPSA) is 128 Å². The summed E-state index contributed by atoms with van der Waals surface area (Å²) >= 11 is 0. The molecule has 0 radical (unpaired) electrons. The summed E-state index contributed by atoms with van der Waals surface area (Å²) in [5.41, 5.74) is 0.399. The van der Waals surface area contributed by atoms with Gasteiger partial charge >= 0.3 is 5.69 Å². The molecule has 0 spiro atoms. The third kappa shape index (κ3) is 2.90. The molecular weight excluding hydrogens is 364 g/mol. The molecule has 142 valence electrons. The number of aromatic amines is 1. The average molecular weight is 380 g/mol. The predicted octanol–water partition coefficient (Wildman–Crippen LogP) is 0.545. The summed E-state index contributed by atoms with van der Waals surface area (Å²) in [5, 5.41) is 6.44. The highest BCUT2D eigenvalue weighted by molar-refractivity contribution is 5.93. The lowest BCUT2D eigenvalue weighted by Gasteiger charge is -2.00. The number of carbonyl (C=O) groups excluding carboxylic acids is 1. The minimum Gasteiger partial charge on any atom is -0.355 e. The third-order valence-corrected chi connectivity index (χ3v) is 4.36. The lowest BCUT2D eigenvalue weighted by molar-refractivity contribution is 0.0941. The molecule has 0 aliphatic rings. The second-order valence-corrected chi connectivity index (χ2v) is 6.21. The Balaban J connectivity index is 1.54. The zero-order chi connectivity index (χ0) is 19.8. The molecular formula is C18H16N6O4. The van der Waals surface area contributed by atoms with Crippen molar-refractivity contribution in [3.63, 3.8) is 0 Å². The maximum atomic E-state index is 12.3. The number of hydrogen-bond donors (Lipinski definition) is 2. The van der Waals surface area contributed by atoms with Gasteiger partial charge in [-0.1, -0.05) is 35.5 Å². The molecule has 0 saturated carbocycles. The molecule has 4 aromatic rings. The van der Waals surface area contributed by atoms with E-state index in [1.54, 1.807) is 6.07 Å². The van der Waals surface area contributed by atoms with E-state index in [0.29, 0.717) is 11.6 Å². The van der Waals surface area contributed by atoms with Crippen molar-refractivity contribution in [2.45, 2.75) is 6.54 Å². The first-order valence-electron chi connectivity index (χ1n) is 8.40. The molecule has 1 amide bonds. The maximum Gasteiger partial charge on any atom is 0.332 e. The van der Waals surface area contributed by atoms with E-state index in [2.05, 4.69) is 20.4 Å². The number of benzene rings is 1. The number of imidazole rings is 1. The number of H-pyrrole nitrogens is 1. The molecule has 10 heteroatoms. The van der Waals surface area contributed by atoms with Gasteiger partial charge in [0.1, 0.15) is 11.3 Å². The SMILES string of the molecule is Cn1c(=O)c2[nH]c(CNC(=O)c3cc(-c4ccccc4)on3)nc2n(C)c1=O. The van der Waals surface area contributed by atoms with Gasteiger partial charge in [0, 0.05) is 25.7 Å². The Hall–Kier alpha value is -3.95. The van der Waals surface area contributed by atoms with Gasteiger partial charge in [0.2, 0.25) is 0 Å². The van der Waals surface area contributed by atoms with Crippen molar-refractivity contribution in [1.82, 2.24) is 29.6 Å². The quantitative estimate of drug-likeness (QED) is 0.532. The largest absolute Gasteiger partial charge is 0.355 e. The van der Waals surface area contributed by atoms with Crippen LogP contribution in [0.25, 0.3) is 22.5 Å². The molecule has 0 aliphatic heterocycles. The minimum absolute atomic E-state index is 0.0262. The van der Waals surface area contributed by atoms with E-state index in [9.17, 15) is 14.4 Å². The van der Waals surface area contributed by atoms with Crippen molar-refractivity contribution in [2.75, 3.05) is 0 Å². The van der Waals surface area contributed by atoms with Gasteiger partial charge in [0.25, 0.3) is 11.5 Å². The molecule has 2 N–H and O–H groups in total. The monoisotopic (exact) mass is 380 g/mol. The third-order valence-electron chi connectivity index (χ3n) is 4.36. The average Bonchev–Trinajstić information content (AvgIpc) is 3.37. The maximum absolute atomic E-state index is 12.3. The van der Waals surface area contributed by atoms with E-state index in [0.717, 1.165) is 10.1 Å². The fourth-order valence-electron chi connectivity index (χ4n) is 2.83. The summed E-state index contributed by atoms with van der Waals surface area (Å²) in [7, 11) is 2.91. The molecule has 0 unspecified atom stereocenters. The number of aryl methyl sites for hydroxylation is 1. The number of nitrogens with zero attached hydrogens (tertiary/aromatic N) is 4. The van der Waals surface area contributed by atoms with Crippen LogP contribution in [0.1, 0.15) is 16.3 Å². The first-order valence-corrected chi connectivity index (χ1v) is 8.40. The minimum atomic E-state index is -0.479. The second-order valence-electron chi connectivity index (χ2n) is 6.21. The molecule has 28 heavy (non-hydrogen) atoms. The summed E-state index contributed by atoms with van der Waals surface area (Å²) in [6.07, 6.45) is 0. The number of carbonyl (C=O) groups is 1. The van der Waals surface area contributed by atoms with Gasteiger partial charge < -0.3 is 14.8 Å². The normalized spacial score (nSPS) is 11.1. The summed E-state index contributed by atoms with van der Waals surface area (Å²) in [5.74, 6) is 0.370. The number of nitrogens with one attached hydrogen (secondary N) is 2. The lowest BCUT2D eigenvalue weighted by Crippen LogP contribution is -2.36. The van der Waals surface area contributed by atoms with Gasteiger partial charge in [-0.25, -0.2) is 9.78 Å². The van der Waals surface area contributed by atoms with Gasteiger partial charge in [-0.3, -0.25) is 18.7 Å². The van der Waals surface area contributed by atoms with Crippen LogP contribution in [-0.4, -0.2) is 30.2 Å². The fraction of sp³-hybridized carbons (Fsp3) is 0.167. The van der Waals surface area contributed by atoms with Crippen LogP contribution in [0, 0.1) is 0 Å². The van der Waals surface area contributed by atoms with E-state index in [-0.39, 0.29) is 23.4 Å². The number of fused-ring (bicyclic) bond motifs is 1. The Morgan fingerprint density at radius 3 is 2.68 bits per heavy atom. The zero-order valence-electron chi connectivity index (χ0n) is 15.1. The van der Waals surface area contributed by atoms with Crippen molar-refractivity contribution in [2.24, 2.45) is 14.1 Å². The van der Waals surface area contributed by atoms with Crippen molar-refractivity contribution in [3.8, 4) is 11.3 Å². The van der Waals surface area contributed by atoms with Crippen molar-refractivity contribution in [1.29, 1.82) is 0 Å². The van der Waals surface area contributed by atoms with Crippen molar-refractivity contribution < 1.29 is 9.32 Å². The molecule has 4 rings (SSSR count). The van der Waals surface area contributed by atoms with Crippen LogP contribution in [0.15, 0.2) is 50.5 Å². The van der Waals surface area contributed by atoms with Crippen molar-refractivity contribution in [3.05, 3.63) is 68.8 Å². The number of hydrogen-bond acceptors (Lipinski definition) is 6. The molecule has 0 saturated heterocycles. The van der Waals surface area contributed by atoms with Crippen LogP contribution in [0.3, 0.4) is 0 Å².